The van der Waals surface area contributed by atoms with Crippen molar-refractivity contribution >= 4 is 29.2 Å². The molecule has 116 valence electrons. The number of nitrogens with one attached hydrogen (secondary N) is 1. The number of nitrogens with zero attached hydrogens (tertiary/aromatic N) is 1. The molecule has 1 unspecified atom stereocenters. The van der Waals surface area contributed by atoms with E-state index in [1.54, 1.807) is 0 Å². The Balaban J connectivity index is 2.75. The molecule has 0 radical (unpaired) electrons. The Morgan fingerprint density at radius 1 is 1.43 bits per heavy atom. The molecule has 3 amide bonds. The van der Waals surface area contributed by atoms with Gasteiger partial charge in [-0.05, 0) is 25.3 Å². The molecule has 1 rings (SSSR count). The number of primary amides is 1. The van der Waals surface area contributed by atoms with E-state index in [0.29, 0.717) is 6.54 Å². The number of hydrogen-bond donors (Lipinski definition) is 3. The van der Waals surface area contributed by atoms with Crippen molar-refractivity contribution in [2.75, 3.05) is 0 Å². The van der Waals surface area contributed by atoms with Crippen molar-refractivity contribution in [2.45, 2.75) is 38.9 Å². The first-order valence-corrected chi connectivity index (χ1v) is 7.29. The summed E-state index contributed by atoms with van der Waals surface area (Å²) < 4.78 is 0. The van der Waals surface area contributed by atoms with Gasteiger partial charge in [0.15, 0.2) is 0 Å². The summed E-state index contributed by atoms with van der Waals surface area (Å²) in [6.45, 7) is 4.04. The van der Waals surface area contributed by atoms with E-state index in [-0.39, 0.29) is 6.04 Å². The number of carboxylic acid groups (broad SMARTS) is 1. The standard InChI is InChI=1S/C13H19N3O4S/c1-8(2)16(7-9-4-3-5-21-9)13(20)15-10(12(18)19)6-11(14)17/h3-5,8,10H,6-7H2,1-2H3,(H2,14,17)(H,15,20)(H,18,19). The minimum Gasteiger partial charge on any atom is -0.480 e. The third-order valence-corrected chi connectivity index (χ3v) is 3.65. The molecule has 1 aromatic heterocycles. The van der Waals surface area contributed by atoms with Crippen LogP contribution in [0.3, 0.4) is 0 Å². The summed E-state index contributed by atoms with van der Waals surface area (Å²) in [7, 11) is 0. The third kappa shape index (κ3) is 5.42. The van der Waals surface area contributed by atoms with Gasteiger partial charge in [0.2, 0.25) is 5.91 Å². The predicted octanol–water partition coefficient (Wildman–Crippen LogP) is 0.997. The van der Waals surface area contributed by atoms with E-state index in [1.165, 1.54) is 16.2 Å². The van der Waals surface area contributed by atoms with E-state index in [2.05, 4.69) is 5.32 Å². The summed E-state index contributed by atoms with van der Waals surface area (Å²) in [6, 6.07) is 1.80. The van der Waals surface area contributed by atoms with Crippen molar-refractivity contribution in [1.82, 2.24) is 10.2 Å². The van der Waals surface area contributed by atoms with Gasteiger partial charge in [-0.25, -0.2) is 9.59 Å². The van der Waals surface area contributed by atoms with Crippen molar-refractivity contribution in [3.8, 4) is 0 Å². The normalized spacial score (nSPS) is 12.0. The van der Waals surface area contributed by atoms with E-state index in [9.17, 15) is 14.4 Å². The van der Waals surface area contributed by atoms with Gasteiger partial charge in [-0.15, -0.1) is 11.3 Å². The predicted molar refractivity (Wildman–Crippen MR) is 78.8 cm³/mol. The summed E-state index contributed by atoms with van der Waals surface area (Å²) >= 11 is 1.51. The second kappa shape index (κ2) is 7.63. The minimum absolute atomic E-state index is 0.116. The first-order valence-electron chi connectivity index (χ1n) is 6.42. The van der Waals surface area contributed by atoms with Crippen molar-refractivity contribution < 1.29 is 19.5 Å². The SMILES string of the molecule is CC(C)N(Cc1cccs1)C(=O)NC(CC(N)=O)C(=O)O. The molecule has 0 aliphatic heterocycles. The van der Waals surface area contributed by atoms with E-state index in [1.807, 2.05) is 31.4 Å². The number of urea groups is 1. The lowest BCUT2D eigenvalue weighted by Gasteiger charge is -2.28. The lowest BCUT2D eigenvalue weighted by atomic mass is 10.2. The molecule has 21 heavy (non-hydrogen) atoms. The molecule has 8 heteroatoms. The second-order valence-corrected chi connectivity index (χ2v) is 5.84. The van der Waals surface area contributed by atoms with Crippen LogP contribution in [0, 0.1) is 0 Å². The van der Waals surface area contributed by atoms with Crippen molar-refractivity contribution in [2.24, 2.45) is 5.73 Å². The highest BCUT2D eigenvalue weighted by atomic mass is 32.1. The molecule has 7 nitrogen and oxygen atoms in total. The van der Waals surface area contributed by atoms with Crippen LogP contribution in [0.4, 0.5) is 4.79 Å². The van der Waals surface area contributed by atoms with Gasteiger partial charge in [0.05, 0.1) is 13.0 Å². The highest BCUT2D eigenvalue weighted by Gasteiger charge is 2.26. The van der Waals surface area contributed by atoms with Gasteiger partial charge in [-0.3, -0.25) is 4.79 Å². The maximum atomic E-state index is 12.2. The van der Waals surface area contributed by atoms with Crippen LogP contribution in [0.1, 0.15) is 25.1 Å². The molecule has 0 saturated heterocycles. The summed E-state index contributed by atoms with van der Waals surface area (Å²) in [5, 5.41) is 13.2. The van der Waals surface area contributed by atoms with Gasteiger partial charge < -0.3 is 21.1 Å². The zero-order valence-electron chi connectivity index (χ0n) is 11.9. The number of amides is 3. The molecule has 0 bridgehead atoms. The fourth-order valence-electron chi connectivity index (χ4n) is 1.69. The highest BCUT2D eigenvalue weighted by Crippen LogP contribution is 2.14. The number of carboxylic acids is 1. The minimum atomic E-state index is -1.32. The van der Waals surface area contributed by atoms with Crippen molar-refractivity contribution in [1.29, 1.82) is 0 Å². The Morgan fingerprint density at radius 3 is 2.52 bits per heavy atom. The average molecular weight is 313 g/mol. The second-order valence-electron chi connectivity index (χ2n) is 4.81. The van der Waals surface area contributed by atoms with Crippen LogP contribution in [0.5, 0.6) is 0 Å². The largest absolute Gasteiger partial charge is 0.480 e. The van der Waals surface area contributed by atoms with Gasteiger partial charge in [0.25, 0.3) is 0 Å². The summed E-state index contributed by atoms with van der Waals surface area (Å²) in [4.78, 5) is 36.6. The van der Waals surface area contributed by atoms with Crippen molar-refractivity contribution in [3.05, 3.63) is 22.4 Å². The molecule has 0 spiro atoms. The van der Waals surface area contributed by atoms with Gasteiger partial charge in [0, 0.05) is 10.9 Å². The third-order valence-electron chi connectivity index (χ3n) is 2.79. The average Bonchev–Trinajstić information content (AvgIpc) is 2.86. The van der Waals surface area contributed by atoms with Gasteiger partial charge in [0.1, 0.15) is 6.04 Å². The van der Waals surface area contributed by atoms with Crippen LogP contribution in [0.2, 0.25) is 0 Å². The van der Waals surface area contributed by atoms with E-state index in [4.69, 9.17) is 10.8 Å². The smallest absolute Gasteiger partial charge is 0.326 e. The van der Waals surface area contributed by atoms with E-state index >= 15 is 0 Å². The number of carbonyl (C=O) groups excluding carboxylic acids is 2. The lowest BCUT2D eigenvalue weighted by molar-refractivity contribution is -0.141. The number of thiophene rings is 1. The van der Waals surface area contributed by atoms with Gasteiger partial charge in [-0.1, -0.05) is 6.07 Å². The Bertz CT molecular complexity index is 502. The Labute approximate surface area is 126 Å². The van der Waals surface area contributed by atoms with Crippen LogP contribution < -0.4 is 11.1 Å². The van der Waals surface area contributed by atoms with E-state index in [0.717, 1.165) is 4.88 Å². The number of aliphatic carboxylic acids is 1. The van der Waals surface area contributed by atoms with Crippen LogP contribution >= 0.6 is 11.3 Å². The van der Waals surface area contributed by atoms with Crippen LogP contribution in [-0.2, 0) is 16.1 Å². The molecule has 1 heterocycles. The number of carbonyl (C=O) groups is 3. The van der Waals surface area contributed by atoms with E-state index < -0.39 is 30.4 Å². The Morgan fingerprint density at radius 2 is 2.10 bits per heavy atom. The molecule has 0 aliphatic carbocycles. The molecule has 1 atom stereocenters. The molecule has 0 fully saturated rings. The maximum Gasteiger partial charge on any atom is 0.326 e. The van der Waals surface area contributed by atoms with Crippen molar-refractivity contribution in [3.63, 3.8) is 0 Å². The Kier molecular flexibility index (Phi) is 6.16. The zero-order chi connectivity index (χ0) is 16.0. The fraction of sp³-hybridized carbons (Fsp3) is 0.462. The first kappa shape index (κ1) is 17.0. The molecular formula is C13H19N3O4S. The molecule has 0 aliphatic rings. The molecular weight excluding hydrogens is 294 g/mol. The van der Waals surface area contributed by atoms with Gasteiger partial charge >= 0.3 is 12.0 Å². The monoisotopic (exact) mass is 313 g/mol. The molecule has 0 aromatic carbocycles. The summed E-state index contributed by atoms with van der Waals surface area (Å²) in [5.41, 5.74) is 4.99. The maximum absolute atomic E-state index is 12.2. The molecule has 4 N–H and O–H groups in total. The number of rotatable bonds is 7. The zero-order valence-corrected chi connectivity index (χ0v) is 12.7. The highest BCUT2D eigenvalue weighted by molar-refractivity contribution is 7.09. The van der Waals surface area contributed by atoms with Crippen LogP contribution in [0.15, 0.2) is 17.5 Å². The van der Waals surface area contributed by atoms with Crippen LogP contribution in [0.25, 0.3) is 0 Å². The summed E-state index contributed by atoms with van der Waals surface area (Å²) in [6.07, 6.45) is -0.438. The molecule has 0 saturated carbocycles. The van der Waals surface area contributed by atoms with Crippen LogP contribution in [-0.4, -0.2) is 40.0 Å². The first-order chi connectivity index (χ1) is 9.81. The topological polar surface area (TPSA) is 113 Å². The quantitative estimate of drug-likeness (QED) is 0.697. The summed E-state index contributed by atoms with van der Waals surface area (Å²) in [5.74, 6) is -2.07. The Hall–Kier alpha value is -2.09. The fourth-order valence-corrected chi connectivity index (χ4v) is 2.40. The number of hydrogen-bond acceptors (Lipinski definition) is 4. The number of nitrogens with two attached hydrogens (primary N) is 1. The van der Waals surface area contributed by atoms with Gasteiger partial charge in [-0.2, -0.15) is 0 Å². The molecule has 1 aromatic rings. The lowest BCUT2D eigenvalue weighted by Crippen LogP contribution is -2.50.